The molecule has 14 heavy (non-hydrogen) atoms. The molecule has 3 nitrogen and oxygen atoms in total. The predicted octanol–water partition coefficient (Wildman–Crippen LogP) is 1.37. The first-order chi connectivity index (χ1) is 6.72. The lowest BCUT2D eigenvalue weighted by molar-refractivity contribution is 0.605. The molecule has 2 N–H and O–H groups in total. The molecule has 0 saturated carbocycles. The average molecular weight is 191 g/mol. The summed E-state index contributed by atoms with van der Waals surface area (Å²) in [6, 6.07) is 2.10. The van der Waals surface area contributed by atoms with Crippen LogP contribution in [0.3, 0.4) is 0 Å². The lowest BCUT2D eigenvalue weighted by Crippen LogP contribution is -2.38. The number of hydrogen-bond acceptors (Lipinski definition) is 3. The summed E-state index contributed by atoms with van der Waals surface area (Å²) in [7, 11) is 0. The first-order valence-electron chi connectivity index (χ1n) is 5.14. The summed E-state index contributed by atoms with van der Waals surface area (Å²) in [5, 5.41) is 0. The molecule has 1 aliphatic rings. The smallest absolute Gasteiger partial charge is 0.133 e. The Bertz CT molecular complexity index is 343. The van der Waals surface area contributed by atoms with Crippen molar-refractivity contribution in [3.8, 4) is 0 Å². The van der Waals surface area contributed by atoms with Crippen LogP contribution in [0.15, 0.2) is 6.07 Å². The summed E-state index contributed by atoms with van der Waals surface area (Å²) in [6.07, 6.45) is 1.28. The number of nitrogens with zero attached hydrogens (tertiary/aromatic N) is 2. The molecule has 0 aliphatic carbocycles. The van der Waals surface area contributed by atoms with Crippen LogP contribution in [0.2, 0.25) is 0 Å². The van der Waals surface area contributed by atoms with Gasteiger partial charge in [0, 0.05) is 30.9 Å². The molecule has 1 aliphatic heterocycles. The van der Waals surface area contributed by atoms with Crippen molar-refractivity contribution in [2.45, 2.75) is 26.8 Å². The van der Waals surface area contributed by atoms with E-state index in [1.807, 2.05) is 6.92 Å². The molecule has 0 unspecified atom stereocenters. The maximum absolute atomic E-state index is 5.75. The van der Waals surface area contributed by atoms with Gasteiger partial charge in [0.25, 0.3) is 0 Å². The summed E-state index contributed by atoms with van der Waals surface area (Å²) in [6.45, 7) is 6.99. The van der Waals surface area contributed by atoms with E-state index in [4.69, 9.17) is 5.73 Å². The largest absolute Gasteiger partial charge is 0.356 e. The van der Waals surface area contributed by atoms with Crippen LogP contribution in [0.25, 0.3) is 0 Å². The van der Waals surface area contributed by atoms with Gasteiger partial charge in [0.05, 0.1) is 0 Å². The predicted molar refractivity (Wildman–Crippen MR) is 58.4 cm³/mol. The SMILES string of the molecule is Cc1cc(C)c(CN)c(N2CCC2)n1. The Morgan fingerprint density at radius 2 is 2.14 bits per heavy atom. The molecule has 0 atom stereocenters. The van der Waals surface area contributed by atoms with E-state index in [2.05, 4.69) is 22.9 Å². The summed E-state index contributed by atoms with van der Waals surface area (Å²) < 4.78 is 0. The molecule has 0 radical (unpaired) electrons. The highest BCUT2D eigenvalue weighted by Crippen LogP contribution is 2.25. The molecule has 1 fully saturated rings. The number of anilines is 1. The third kappa shape index (κ3) is 1.48. The van der Waals surface area contributed by atoms with Crippen LogP contribution in [-0.4, -0.2) is 18.1 Å². The van der Waals surface area contributed by atoms with Gasteiger partial charge in [-0.05, 0) is 31.9 Å². The lowest BCUT2D eigenvalue weighted by Gasteiger charge is -2.34. The van der Waals surface area contributed by atoms with Gasteiger partial charge in [-0.25, -0.2) is 4.98 Å². The van der Waals surface area contributed by atoms with Crippen molar-refractivity contribution < 1.29 is 0 Å². The van der Waals surface area contributed by atoms with Crippen LogP contribution in [0.5, 0.6) is 0 Å². The van der Waals surface area contributed by atoms with E-state index < -0.39 is 0 Å². The van der Waals surface area contributed by atoms with Gasteiger partial charge < -0.3 is 10.6 Å². The van der Waals surface area contributed by atoms with Gasteiger partial charge in [-0.1, -0.05) is 0 Å². The molecule has 0 spiro atoms. The van der Waals surface area contributed by atoms with E-state index >= 15 is 0 Å². The molecule has 0 aromatic carbocycles. The standard InChI is InChI=1S/C11H17N3/c1-8-6-9(2)13-11(10(8)7-12)14-4-3-5-14/h6H,3-5,7,12H2,1-2H3. The van der Waals surface area contributed by atoms with Gasteiger partial charge in [0.2, 0.25) is 0 Å². The fourth-order valence-electron chi connectivity index (χ4n) is 1.89. The van der Waals surface area contributed by atoms with Crippen molar-refractivity contribution >= 4 is 5.82 Å². The molecule has 2 heterocycles. The normalized spacial score (nSPS) is 15.5. The third-order valence-corrected chi connectivity index (χ3v) is 2.81. The number of pyridine rings is 1. The molecule has 1 saturated heterocycles. The average Bonchev–Trinajstić information content (AvgIpc) is 1.99. The molecular weight excluding hydrogens is 174 g/mol. The maximum Gasteiger partial charge on any atom is 0.133 e. The van der Waals surface area contributed by atoms with Crippen molar-refractivity contribution in [3.63, 3.8) is 0 Å². The van der Waals surface area contributed by atoms with Crippen molar-refractivity contribution in [2.24, 2.45) is 5.73 Å². The number of aryl methyl sites for hydroxylation is 2. The van der Waals surface area contributed by atoms with Gasteiger partial charge >= 0.3 is 0 Å². The minimum Gasteiger partial charge on any atom is -0.356 e. The zero-order chi connectivity index (χ0) is 10.1. The topological polar surface area (TPSA) is 42.1 Å². The van der Waals surface area contributed by atoms with Crippen LogP contribution < -0.4 is 10.6 Å². The second kappa shape index (κ2) is 3.58. The molecule has 3 heteroatoms. The van der Waals surface area contributed by atoms with Crippen LogP contribution in [0.1, 0.15) is 23.2 Å². The third-order valence-electron chi connectivity index (χ3n) is 2.81. The Balaban J connectivity index is 2.44. The Kier molecular flexibility index (Phi) is 2.42. The van der Waals surface area contributed by atoms with Gasteiger partial charge in [-0.3, -0.25) is 0 Å². The molecule has 1 aromatic rings. The Morgan fingerprint density at radius 3 is 2.64 bits per heavy atom. The number of aromatic nitrogens is 1. The molecule has 1 aromatic heterocycles. The fraction of sp³-hybridized carbons (Fsp3) is 0.545. The maximum atomic E-state index is 5.75. The minimum absolute atomic E-state index is 0.588. The van der Waals surface area contributed by atoms with Gasteiger partial charge in [-0.2, -0.15) is 0 Å². The zero-order valence-electron chi connectivity index (χ0n) is 8.88. The van der Waals surface area contributed by atoms with Crippen molar-refractivity contribution in [2.75, 3.05) is 18.0 Å². The van der Waals surface area contributed by atoms with E-state index in [1.54, 1.807) is 0 Å². The highest BCUT2D eigenvalue weighted by molar-refractivity contribution is 5.52. The highest BCUT2D eigenvalue weighted by Gasteiger charge is 2.19. The minimum atomic E-state index is 0.588. The first kappa shape index (κ1) is 9.46. The quantitative estimate of drug-likeness (QED) is 0.767. The molecule has 76 valence electrons. The highest BCUT2D eigenvalue weighted by atomic mass is 15.2. The van der Waals surface area contributed by atoms with Gasteiger partial charge in [0.1, 0.15) is 5.82 Å². The van der Waals surface area contributed by atoms with Crippen LogP contribution in [-0.2, 0) is 6.54 Å². The molecule has 0 amide bonds. The number of hydrogen-bond donors (Lipinski definition) is 1. The Hall–Kier alpha value is -1.09. The Labute approximate surface area is 84.9 Å². The molecule has 0 bridgehead atoms. The van der Waals surface area contributed by atoms with E-state index in [0.29, 0.717) is 6.54 Å². The monoisotopic (exact) mass is 191 g/mol. The first-order valence-corrected chi connectivity index (χ1v) is 5.14. The van der Waals surface area contributed by atoms with E-state index in [1.165, 1.54) is 17.5 Å². The van der Waals surface area contributed by atoms with Crippen molar-refractivity contribution in [1.82, 2.24) is 4.98 Å². The lowest BCUT2D eigenvalue weighted by atomic mass is 10.1. The van der Waals surface area contributed by atoms with E-state index in [0.717, 1.165) is 24.6 Å². The van der Waals surface area contributed by atoms with Crippen LogP contribution in [0, 0.1) is 13.8 Å². The summed E-state index contributed by atoms with van der Waals surface area (Å²) in [5.41, 5.74) is 9.31. The molecular formula is C11H17N3. The second-order valence-corrected chi connectivity index (χ2v) is 3.93. The molecule has 2 rings (SSSR count). The van der Waals surface area contributed by atoms with Crippen molar-refractivity contribution in [3.05, 3.63) is 22.9 Å². The van der Waals surface area contributed by atoms with Gasteiger partial charge in [0.15, 0.2) is 0 Å². The zero-order valence-corrected chi connectivity index (χ0v) is 8.88. The van der Waals surface area contributed by atoms with E-state index in [-0.39, 0.29) is 0 Å². The fourth-order valence-corrected chi connectivity index (χ4v) is 1.89. The number of nitrogens with two attached hydrogens (primary N) is 1. The van der Waals surface area contributed by atoms with Crippen LogP contribution in [0.4, 0.5) is 5.82 Å². The van der Waals surface area contributed by atoms with Gasteiger partial charge in [-0.15, -0.1) is 0 Å². The van der Waals surface area contributed by atoms with Crippen LogP contribution >= 0.6 is 0 Å². The van der Waals surface area contributed by atoms with E-state index in [9.17, 15) is 0 Å². The summed E-state index contributed by atoms with van der Waals surface area (Å²) in [4.78, 5) is 6.88. The Morgan fingerprint density at radius 1 is 1.43 bits per heavy atom. The summed E-state index contributed by atoms with van der Waals surface area (Å²) >= 11 is 0. The second-order valence-electron chi connectivity index (χ2n) is 3.93. The number of rotatable bonds is 2. The summed E-state index contributed by atoms with van der Waals surface area (Å²) in [5.74, 6) is 1.11. The van der Waals surface area contributed by atoms with Crippen molar-refractivity contribution in [1.29, 1.82) is 0 Å².